The molecule has 24 heavy (non-hydrogen) atoms. The van der Waals surface area contributed by atoms with Crippen molar-refractivity contribution < 1.29 is 22.7 Å². The Kier molecular flexibility index (Phi) is 4.67. The number of ether oxygens (including phenoxy) is 1. The van der Waals surface area contributed by atoms with E-state index in [2.05, 4.69) is 10.1 Å². The van der Waals surface area contributed by atoms with E-state index in [1.165, 1.54) is 22.7 Å². The average molecular weight is 373 g/mol. The van der Waals surface area contributed by atoms with Gasteiger partial charge in [-0.2, -0.15) is 18.3 Å². The number of aromatic amines is 1. The van der Waals surface area contributed by atoms with E-state index in [1.807, 2.05) is 22.6 Å². The number of carbonyl (C=O) groups excluding carboxylic acids is 1. The lowest BCUT2D eigenvalue weighted by Crippen LogP contribution is -2.12. The molecule has 0 spiro atoms. The second-order valence-corrected chi connectivity index (χ2v) is 6.47. The molecule has 0 amide bonds. The van der Waals surface area contributed by atoms with Gasteiger partial charge in [0.05, 0.1) is 17.7 Å². The van der Waals surface area contributed by atoms with Crippen molar-refractivity contribution in [3.63, 3.8) is 0 Å². The highest BCUT2D eigenvalue weighted by Crippen LogP contribution is 2.30. The minimum atomic E-state index is -4.51. The number of alkyl halides is 3. The van der Waals surface area contributed by atoms with E-state index in [-0.39, 0.29) is 24.3 Å². The molecule has 3 rings (SSSR count). The molecule has 0 atom stereocenters. The number of hydrogen-bond acceptors (Lipinski definition) is 6. The van der Waals surface area contributed by atoms with Crippen LogP contribution in [0.1, 0.15) is 21.7 Å². The summed E-state index contributed by atoms with van der Waals surface area (Å²) in [7, 11) is 0. The first kappa shape index (κ1) is 16.7. The van der Waals surface area contributed by atoms with Crippen molar-refractivity contribution in [2.75, 3.05) is 6.61 Å². The van der Waals surface area contributed by atoms with Crippen molar-refractivity contribution >= 4 is 28.6 Å². The summed E-state index contributed by atoms with van der Waals surface area (Å²) in [6.07, 6.45) is -3.52. The number of hydrogen-bond donors (Lipinski definition) is 1. The van der Waals surface area contributed by atoms with Crippen molar-refractivity contribution in [3.8, 4) is 9.88 Å². The Morgan fingerprint density at radius 3 is 2.88 bits per heavy atom. The third kappa shape index (κ3) is 3.65. The number of aromatic nitrogens is 3. The highest BCUT2D eigenvalue weighted by atomic mass is 32.1. The predicted molar refractivity (Wildman–Crippen MR) is 83.0 cm³/mol. The van der Waals surface area contributed by atoms with Crippen LogP contribution in [-0.2, 0) is 17.3 Å². The summed E-state index contributed by atoms with van der Waals surface area (Å²) in [6.45, 7) is -0.187. The van der Waals surface area contributed by atoms with E-state index < -0.39 is 17.8 Å². The van der Waals surface area contributed by atoms with E-state index in [9.17, 15) is 18.0 Å². The maximum Gasteiger partial charge on any atom is 0.433 e. The summed E-state index contributed by atoms with van der Waals surface area (Å²) in [5, 5.41) is 9.46. The molecule has 0 aliphatic rings. The number of nitrogens with one attached hydrogen (secondary N) is 1. The summed E-state index contributed by atoms with van der Waals surface area (Å²) in [5.74, 6) is -0.661. The number of thiophene rings is 1. The molecular formula is C14H10F3N3O2S2. The van der Waals surface area contributed by atoms with Gasteiger partial charge in [0.1, 0.15) is 10.7 Å². The number of halogens is 3. The molecule has 0 fully saturated rings. The first-order valence-corrected chi connectivity index (χ1v) is 8.47. The Bertz CT molecular complexity index is 825. The van der Waals surface area contributed by atoms with Gasteiger partial charge in [-0.05, 0) is 11.4 Å². The molecule has 0 bridgehead atoms. The van der Waals surface area contributed by atoms with Crippen molar-refractivity contribution in [2.45, 2.75) is 12.6 Å². The normalized spacial score (nSPS) is 11.6. The molecule has 0 saturated heterocycles. The molecule has 3 aromatic heterocycles. The maximum absolute atomic E-state index is 12.7. The Balaban J connectivity index is 1.58. The third-order valence-electron chi connectivity index (χ3n) is 3.05. The number of carbonyl (C=O) groups is 1. The standard InChI is InChI=1S/C14H10F3N3O2S2/c15-14(16,17)11-8(6-18-20-11)3-4-22-13(21)9-7-24-12(19-9)10-2-1-5-23-10/h1-2,5-7H,3-4H2,(H,18,20). The largest absolute Gasteiger partial charge is 0.461 e. The van der Waals surface area contributed by atoms with Gasteiger partial charge < -0.3 is 4.74 Å². The van der Waals surface area contributed by atoms with Crippen molar-refractivity contribution in [2.24, 2.45) is 0 Å². The first-order chi connectivity index (χ1) is 11.4. The lowest BCUT2D eigenvalue weighted by Gasteiger charge is -2.07. The number of H-pyrrole nitrogens is 1. The minimum Gasteiger partial charge on any atom is -0.461 e. The number of nitrogens with zero attached hydrogens (tertiary/aromatic N) is 2. The Morgan fingerprint density at radius 2 is 2.17 bits per heavy atom. The van der Waals surface area contributed by atoms with E-state index in [0.29, 0.717) is 5.01 Å². The van der Waals surface area contributed by atoms with Crippen molar-refractivity contribution in [1.82, 2.24) is 15.2 Å². The Hall–Kier alpha value is -2.20. The summed E-state index contributed by atoms with van der Waals surface area (Å²) in [5.41, 5.74) is -0.827. The summed E-state index contributed by atoms with van der Waals surface area (Å²) >= 11 is 2.81. The number of esters is 1. The quantitative estimate of drug-likeness (QED) is 0.686. The lowest BCUT2D eigenvalue weighted by atomic mass is 10.2. The van der Waals surface area contributed by atoms with Gasteiger partial charge in [0.25, 0.3) is 0 Å². The molecule has 126 valence electrons. The fraction of sp³-hybridized carbons (Fsp3) is 0.214. The summed E-state index contributed by atoms with van der Waals surface area (Å²) < 4.78 is 43.0. The van der Waals surface area contributed by atoms with E-state index in [1.54, 1.807) is 5.38 Å². The average Bonchev–Trinajstić information content (AvgIpc) is 3.26. The van der Waals surface area contributed by atoms with Gasteiger partial charge in [-0.3, -0.25) is 5.10 Å². The van der Waals surface area contributed by atoms with Gasteiger partial charge in [-0.25, -0.2) is 9.78 Å². The second kappa shape index (κ2) is 6.73. The molecule has 1 N–H and O–H groups in total. The van der Waals surface area contributed by atoms with Crippen molar-refractivity contribution in [1.29, 1.82) is 0 Å². The van der Waals surface area contributed by atoms with Crippen molar-refractivity contribution in [3.05, 3.63) is 46.0 Å². The van der Waals surface area contributed by atoms with Crippen LogP contribution in [0.3, 0.4) is 0 Å². The van der Waals surface area contributed by atoms with Crippen LogP contribution >= 0.6 is 22.7 Å². The van der Waals surface area contributed by atoms with Crippen LogP contribution in [0.15, 0.2) is 29.1 Å². The minimum absolute atomic E-state index is 0.0483. The summed E-state index contributed by atoms with van der Waals surface area (Å²) in [4.78, 5) is 17.0. The monoisotopic (exact) mass is 373 g/mol. The van der Waals surface area contributed by atoms with Crippen LogP contribution in [-0.4, -0.2) is 27.8 Å². The molecule has 5 nitrogen and oxygen atoms in total. The van der Waals surface area contributed by atoms with Gasteiger partial charge >= 0.3 is 12.1 Å². The highest BCUT2D eigenvalue weighted by molar-refractivity contribution is 7.20. The molecule has 0 unspecified atom stereocenters. The SMILES string of the molecule is O=C(OCCc1cn[nH]c1C(F)(F)F)c1csc(-c2cccs2)n1. The van der Waals surface area contributed by atoms with Gasteiger partial charge in [0.15, 0.2) is 5.69 Å². The maximum atomic E-state index is 12.7. The first-order valence-electron chi connectivity index (χ1n) is 6.71. The number of thiazole rings is 1. The molecule has 0 saturated carbocycles. The van der Waals surface area contributed by atoms with E-state index in [4.69, 9.17) is 4.74 Å². The fourth-order valence-corrected chi connectivity index (χ4v) is 3.56. The third-order valence-corrected chi connectivity index (χ3v) is 4.93. The zero-order valence-corrected chi connectivity index (χ0v) is 13.6. The molecule has 10 heteroatoms. The Labute approximate surface area is 142 Å². The summed E-state index contributed by atoms with van der Waals surface area (Å²) in [6, 6.07) is 3.76. The van der Waals surface area contributed by atoms with Gasteiger partial charge in [-0.15, -0.1) is 22.7 Å². The zero-order chi connectivity index (χ0) is 17.2. The van der Waals surface area contributed by atoms with Crippen LogP contribution in [0.2, 0.25) is 0 Å². The highest BCUT2D eigenvalue weighted by Gasteiger charge is 2.35. The second-order valence-electron chi connectivity index (χ2n) is 4.67. The molecule has 0 aliphatic carbocycles. The molecule has 0 aliphatic heterocycles. The van der Waals surface area contributed by atoms with Gasteiger partial charge in [0.2, 0.25) is 0 Å². The van der Waals surface area contributed by atoms with Crippen LogP contribution in [0, 0.1) is 0 Å². The fourth-order valence-electron chi connectivity index (χ4n) is 1.95. The molecule has 3 aromatic rings. The van der Waals surface area contributed by atoms with E-state index in [0.717, 1.165) is 11.1 Å². The Morgan fingerprint density at radius 1 is 1.33 bits per heavy atom. The zero-order valence-electron chi connectivity index (χ0n) is 12.0. The topological polar surface area (TPSA) is 67.9 Å². The van der Waals surface area contributed by atoms with Crippen LogP contribution < -0.4 is 0 Å². The van der Waals surface area contributed by atoms with Gasteiger partial charge in [-0.1, -0.05) is 6.07 Å². The van der Waals surface area contributed by atoms with Crippen LogP contribution in [0.4, 0.5) is 13.2 Å². The molecular weight excluding hydrogens is 363 g/mol. The van der Waals surface area contributed by atoms with Crippen LogP contribution in [0.5, 0.6) is 0 Å². The predicted octanol–water partition coefficient (Wildman–Crippen LogP) is 4.01. The van der Waals surface area contributed by atoms with E-state index >= 15 is 0 Å². The molecule has 0 aromatic carbocycles. The smallest absolute Gasteiger partial charge is 0.433 e. The van der Waals surface area contributed by atoms with Gasteiger partial charge in [0, 0.05) is 17.4 Å². The lowest BCUT2D eigenvalue weighted by molar-refractivity contribution is -0.141. The number of rotatable bonds is 5. The molecule has 3 heterocycles. The van der Waals surface area contributed by atoms with Crippen LogP contribution in [0.25, 0.3) is 9.88 Å². The molecule has 0 radical (unpaired) electrons.